The third-order valence-corrected chi connectivity index (χ3v) is 11.1. The van der Waals surface area contributed by atoms with E-state index in [4.69, 9.17) is 0 Å². The number of aromatic nitrogens is 3. The van der Waals surface area contributed by atoms with Gasteiger partial charge < -0.3 is 13.7 Å². The molecule has 0 fully saturated rings. The minimum Gasteiger partial charge on any atom is -0.309 e. The Kier molecular flexibility index (Phi) is 6.61. The van der Waals surface area contributed by atoms with Gasteiger partial charge in [-0.1, -0.05) is 97.1 Å². The Morgan fingerprint density at radius 3 is 1.47 bits per heavy atom. The molecule has 0 bridgehead atoms. The summed E-state index contributed by atoms with van der Waals surface area (Å²) in [7, 11) is 0. The average Bonchev–Trinajstić information content (AvgIpc) is 3.89. The van der Waals surface area contributed by atoms with Gasteiger partial charge in [-0.2, -0.15) is 10.5 Å². The van der Waals surface area contributed by atoms with Gasteiger partial charge in [0.1, 0.15) is 0 Å². The topological polar surface area (TPSA) is 62.4 Å². The number of hydrogen-bond donors (Lipinski definition) is 0. The van der Waals surface area contributed by atoms with Crippen molar-refractivity contribution in [1.29, 1.82) is 10.5 Å². The molecule has 0 aliphatic rings. The fourth-order valence-electron chi connectivity index (χ4n) is 8.77. The molecule has 0 spiro atoms. The maximum absolute atomic E-state index is 10.0. The minimum absolute atomic E-state index is 0.583. The van der Waals surface area contributed by atoms with Crippen LogP contribution in [-0.2, 0) is 0 Å². The second-order valence-electron chi connectivity index (χ2n) is 14.0. The SMILES string of the molecule is N#Cc1ccc(-c2ccc(-n3c4ccccc4c4c(-n5c6ccccc6c6ccccc65)cccc43)cc2)c(-n2c3ccccc3c3cc(C#N)ccc32)c1. The molecule has 0 radical (unpaired) electrons. The lowest BCUT2D eigenvalue weighted by Gasteiger charge is -2.16. The van der Waals surface area contributed by atoms with Crippen LogP contribution in [0.15, 0.2) is 176 Å². The Balaban J connectivity index is 1.11. The molecule has 11 aromatic rings. The van der Waals surface area contributed by atoms with Crippen LogP contribution < -0.4 is 0 Å². The minimum atomic E-state index is 0.583. The molecule has 0 aliphatic heterocycles. The van der Waals surface area contributed by atoms with Crippen molar-refractivity contribution in [3.63, 3.8) is 0 Å². The highest BCUT2D eigenvalue weighted by Crippen LogP contribution is 2.41. The number of hydrogen-bond acceptors (Lipinski definition) is 2. The summed E-state index contributed by atoms with van der Waals surface area (Å²) in [4.78, 5) is 0. The van der Waals surface area contributed by atoms with Gasteiger partial charge in [0.15, 0.2) is 0 Å². The van der Waals surface area contributed by atoms with Crippen molar-refractivity contribution in [3.8, 4) is 40.3 Å². The van der Waals surface area contributed by atoms with Crippen LogP contribution in [-0.4, -0.2) is 13.7 Å². The standard InChI is InChI=1S/C50H29N5/c51-30-32-21-27-46-41(28-32)39-12-3-7-16-44(39)55(46)49-29-33(31-52)20-26-36(49)34-22-24-35(25-23-34)53-45-17-8-4-13-40(45)50-47(53)18-9-19-48(50)54-42-14-5-1-10-37(42)38-11-2-6-15-43(38)54/h1-29H. The first-order valence-electron chi connectivity index (χ1n) is 18.3. The molecule has 8 aromatic carbocycles. The second-order valence-corrected chi connectivity index (χ2v) is 14.0. The van der Waals surface area contributed by atoms with E-state index in [-0.39, 0.29) is 0 Å². The van der Waals surface area contributed by atoms with Crippen LogP contribution >= 0.6 is 0 Å². The van der Waals surface area contributed by atoms with Crippen molar-refractivity contribution in [3.05, 3.63) is 187 Å². The monoisotopic (exact) mass is 699 g/mol. The fourth-order valence-corrected chi connectivity index (χ4v) is 8.77. The lowest BCUT2D eigenvalue weighted by Crippen LogP contribution is -1.99. The first-order chi connectivity index (χ1) is 27.2. The number of nitrogens with zero attached hydrogens (tertiary/aromatic N) is 5. The molecule has 11 rings (SSSR count). The third-order valence-electron chi connectivity index (χ3n) is 11.1. The predicted molar refractivity (Wildman–Crippen MR) is 224 cm³/mol. The van der Waals surface area contributed by atoms with Crippen molar-refractivity contribution >= 4 is 65.4 Å². The molecular formula is C50H29N5. The number of para-hydroxylation sites is 4. The van der Waals surface area contributed by atoms with Gasteiger partial charge in [0, 0.05) is 43.6 Å². The van der Waals surface area contributed by atoms with Gasteiger partial charge in [-0.15, -0.1) is 0 Å². The average molecular weight is 700 g/mol. The third kappa shape index (κ3) is 4.45. The number of nitriles is 2. The van der Waals surface area contributed by atoms with Crippen LogP contribution in [0, 0.1) is 22.7 Å². The maximum Gasteiger partial charge on any atom is 0.0992 e. The molecule has 3 heterocycles. The van der Waals surface area contributed by atoms with E-state index < -0.39 is 0 Å². The van der Waals surface area contributed by atoms with Crippen LogP contribution in [0.4, 0.5) is 0 Å². The summed E-state index contributed by atoms with van der Waals surface area (Å²) >= 11 is 0. The van der Waals surface area contributed by atoms with E-state index in [9.17, 15) is 10.5 Å². The molecule has 0 amide bonds. The van der Waals surface area contributed by atoms with Crippen molar-refractivity contribution in [2.75, 3.05) is 0 Å². The molecule has 5 nitrogen and oxygen atoms in total. The van der Waals surface area contributed by atoms with Crippen LogP contribution in [0.25, 0.3) is 93.6 Å². The van der Waals surface area contributed by atoms with Gasteiger partial charge in [-0.25, -0.2) is 0 Å². The largest absolute Gasteiger partial charge is 0.309 e. The van der Waals surface area contributed by atoms with Gasteiger partial charge in [-0.3, -0.25) is 0 Å². The summed E-state index contributed by atoms with van der Waals surface area (Å²) in [6.45, 7) is 0. The van der Waals surface area contributed by atoms with Crippen molar-refractivity contribution in [2.24, 2.45) is 0 Å². The van der Waals surface area contributed by atoms with E-state index in [0.717, 1.165) is 61.0 Å². The summed E-state index contributed by atoms with van der Waals surface area (Å²) in [5.74, 6) is 0. The number of benzene rings is 8. The molecule has 5 heteroatoms. The molecular weight excluding hydrogens is 671 g/mol. The first kappa shape index (κ1) is 30.7. The van der Waals surface area contributed by atoms with Crippen LogP contribution in [0.1, 0.15) is 11.1 Å². The number of rotatable bonds is 4. The van der Waals surface area contributed by atoms with Gasteiger partial charge in [0.25, 0.3) is 0 Å². The molecule has 0 aliphatic carbocycles. The Morgan fingerprint density at radius 1 is 0.345 bits per heavy atom. The Morgan fingerprint density at radius 2 is 0.836 bits per heavy atom. The second kappa shape index (κ2) is 11.8. The zero-order valence-electron chi connectivity index (χ0n) is 29.5. The van der Waals surface area contributed by atoms with Crippen LogP contribution in [0.5, 0.6) is 0 Å². The first-order valence-corrected chi connectivity index (χ1v) is 18.3. The summed E-state index contributed by atoms with van der Waals surface area (Å²) in [5, 5.41) is 26.7. The molecule has 0 unspecified atom stereocenters. The van der Waals surface area contributed by atoms with Gasteiger partial charge in [0.05, 0.1) is 67.7 Å². The van der Waals surface area contributed by atoms with E-state index in [2.05, 4.69) is 153 Å². The predicted octanol–water partition coefficient (Wildman–Crippen LogP) is 12.4. The molecule has 55 heavy (non-hydrogen) atoms. The highest BCUT2D eigenvalue weighted by molar-refractivity contribution is 6.16. The highest BCUT2D eigenvalue weighted by Gasteiger charge is 2.20. The van der Waals surface area contributed by atoms with Gasteiger partial charge >= 0.3 is 0 Å². The fraction of sp³-hybridized carbons (Fsp3) is 0. The molecule has 3 aromatic heterocycles. The van der Waals surface area contributed by atoms with Crippen LogP contribution in [0.2, 0.25) is 0 Å². The summed E-state index contributed by atoms with van der Waals surface area (Å²) in [6, 6.07) is 66.0. The molecule has 0 saturated heterocycles. The van der Waals surface area contributed by atoms with Gasteiger partial charge in [-0.05, 0) is 84.4 Å². The van der Waals surface area contributed by atoms with Crippen molar-refractivity contribution in [1.82, 2.24) is 13.7 Å². The highest BCUT2D eigenvalue weighted by atomic mass is 15.0. The molecule has 254 valence electrons. The smallest absolute Gasteiger partial charge is 0.0992 e. The Labute approximate surface area is 316 Å². The van der Waals surface area contributed by atoms with E-state index in [0.29, 0.717) is 11.1 Å². The maximum atomic E-state index is 10.0. The molecule has 0 atom stereocenters. The Bertz CT molecular complexity index is 3400. The summed E-state index contributed by atoms with van der Waals surface area (Å²) in [6.07, 6.45) is 0. The summed E-state index contributed by atoms with van der Waals surface area (Å²) in [5.41, 5.74) is 13.0. The zero-order chi connectivity index (χ0) is 36.6. The van der Waals surface area contributed by atoms with E-state index in [1.54, 1.807) is 0 Å². The summed E-state index contributed by atoms with van der Waals surface area (Å²) < 4.78 is 7.00. The quantitative estimate of drug-likeness (QED) is 0.184. The van der Waals surface area contributed by atoms with Crippen molar-refractivity contribution < 1.29 is 0 Å². The van der Waals surface area contributed by atoms with E-state index in [1.807, 2.05) is 48.5 Å². The lowest BCUT2D eigenvalue weighted by atomic mass is 10.0. The normalized spacial score (nSPS) is 11.6. The Hall–Kier alpha value is -7.86. The van der Waals surface area contributed by atoms with E-state index >= 15 is 0 Å². The van der Waals surface area contributed by atoms with E-state index in [1.165, 1.54) is 32.6 Å². The molecule has 0 N–H and O–H groups in total. The number of fused-ring (bicyclic) bond motifs is 9. The lowest BCUT2D eigenvalue weighted by molar-refractivity contribution is 1.16. The zero-order valence-corrected chi connectivity index (χ0v) is 29.5. The molecule has 0 saturated carbocycles. The van der Waals surface area contributed by atoms with Crippen LogP contribution in [0.3, 0.4) is 0 Å². The van der Waals surface area contributed by atoms with Crippen molar-refractivity contribution in [2.45, 2.75) is 0 Å². The van der Waals surface area contributed by atoms with Gasteiger partial charge in [0.2, 0.25) is 0 Å².